The molecule has 0 heterocycles. The molecule has 3 N–H and O–H groups in total. The molecule has 4 saturated carbocycles. The van der Waals surface area contributed by atoms with Gasteiger partial charge in [-0.15, -0.1) is 0 Å². The van der Waals surface area contributed by atoms with Crippen molar-refractivity contribution >= 4 is 0 Å². The molecule has 0 aromatic heterocycles. The van der Waals surface area contributed by atoms with Crippen molar-refractivity contribution in [3.63, 3.8) is 0 Å². The van der Waals surface area contributed by atoms with Crippen LogP contribution in [0.25, 0.3) is 0 Å². The zero-order valence-corrected chi connectivity index (χ0v) is 20.2. The third kappa shape index (κ3) is 3.90. The molecule has 174 valence electrons. The van der Waals surface area contributed by atoms with Gasteiger partial charge in [0.05, 0.1) is 17.8 Å². The molecule has 0 radical (unpaired) electrons. The van der Waals surface area contributed by atoms with Gasteiger partial charge in [-0.1, -0.05) is 33.6 Å². The minimum atomic E-state index is -0.550. The number of fused-ring (bicyclic) bond motifs is 5. The van der Waals surface area contributed by atoms with Crippen molar-refractivity contribution in [3.05, 3.63) is 0 Å². The quantitative estimate of drug-likeness (QED) is 0.546. The van der Waals surface area contributed by atoms with Gasteiger partial charge < -0.3 is 15.3 Å². The predicted molar refractivity (Wildman–Crippen MR) is 122 cm³/mol. The first-order chi connectivity index (χ1) is 14.0. The second-order valence-corrected chi connectivity index (χ2v) is 13.1. The summed E-state index contributed by atoms with van der Waals surface area (Å²) in [6, 6.07) is 0. The Balaban J connectivity index is 1.49. The molecular formula is C27H48O3. The Morgan fingerprint density at radius 2 is 1.60 bits per heavy atom. The average molecular weight is 421 g/mol. The van der Waals surface area contributed by atoms with Gasteiger partial charge in [-0.2, -0.15) is 0 Å². The third-order valence-corrected chi connectivity index (χ3v) is 10.9. The van der Waals surface area contributed by atoms with Gasteiger partial charge in [-0.25, -0.2) is 0 Å². The Bertz CT molecular complexity index is 612. The molecule has 0 saturated heterocycles. The van der Waals surface area contributed by atoms with E-state index in [0.29, 0.717) is 40.4 Å². The van der Waals surface area contributed by atoms with E-state index in [9.17, 15) is 15.3 Å². The van der Waals surface area contributed by atoms with Crippen LogP contribution >= 0.6 is 0 Å². The average Bonchev–Trinajstić information content (AvgIpc) is 2.99. The lowest BCUT2D eigenvalue weighted by Gasteiger charge is -2.62. The molecule has 0 bridgehead atoms. The smallest absolute Gasteiger partial charge is 0.0591 e. The zero-order chi connectivity index (χ0) is 21.9. The van der Waals surface area contributed by atoms with Crippen molar-refractivity contribution in [3.8, 4) is 0 Å². The van der Waals surface area contributed by atoms with Crippen LogP contribution in [0.5, 0.6) is 0 Å². The second-order valence-electron chi connectivity index (χ2n) is 13.1. The molecule has 4 rings (SSSR count). The van der Waals surface area contributed by atoms with Gasteiger partial charge in [0.15, 0.2) is 0 Å². The van der Waals surface area contributed by atoms with Crippen LogP contribution in [-0.4, -0.2) is 33.1 Å². The third-order valence-electron chi connectivity index (χ3n) is 10.9. The Morgan fingerprint density at radius 1 is 0.933 bits per heavy atom. The largest absolute Gasteiger partial charge is 0.393 e. The summed E-state index contributed by atoms with van der Waals surface area (Å²) in [6.45, 7) is 11.4. The van der Waals surface area contributed by atoms with Crippen LogP contribution < -0.4 is 0 Å². The van der Waals surface area contributed by atoms with Crippen LogP contribution in [0.3, 0.4) is 0 Å². The van der Waals surface area contributed by atoms with E-state index in [-0.39, 0.29) is 12.2 Å². The molecule has 30 heavy (non-hydrogen) atoms. The van der Waals surface area contributed by atoms with Crippen LogP contribution in [0, 0.1) is 46.3 Å². The van der Waals surface area contributed by atoms with Crippen molar-refractivity contribution in [2.24, 2.45) is 46.3 Å². The van der Waals surface area contributed by atoms with Crippen LogP contribution in [0.4, 0.5) is 0 Å². The first-order valence-corrected chi connectivity index (χ1v) is 13.0. The number of aliphatic hydroxyl groups excluding tert-OH is 2. The molecule has 4 fully saturated rings. The standard InChI is InChI=1S/C27H48O3/c1-17(7-6-12-25(2,3)30)20-8-9-21-24-22(11-14-27(20,21)5)26(4)13-10-19(28)15-18(26)16-23(24)29/h17-24,28-30H,6-16H2,1-5H3/t17-,18?,19+,20-,21+,22+,23?,24+,26+,27-/m1/s1. The van der Waals surface area contributed by atoms with Crippen LogP contribution in [0.15, 0.2) is 0 Å². The lowest BCUT2D eigenvalue weighted by molar-refractivity contribution is -0.174. The molecule has 0 aliphatic heterocycles. The summed E-state index contributed by atoms with van der Waals surface area (Å²) in [5.41, 5.74) is 0.139. The summed E-state index contributed by atoms with van der Waals surface area (Å²) in [6.07, 6.45) is 12.0. The van der Waals surface area contributed by atoms with Gasteiger partial charge in [0.25, 0.3) is 0 Å². The van der Waals surface area contributed by atoms with E-state index in [1.807, 2.05) is 13.8 Å². The maximum atomic E-state index is 11.4. The van der Waals surface area contributed by atoms with Crippen LogP contribution in [0.1, 0.15) is 105 Å². The lowest BCUT2D eigenvalue weighted by atomic mass is 9.43. The molecule has 4 aliphatic rings. The summed E-state index contributed by atoms with van der Waals surface area (Å²) in [4.78, 5) is 0. The molecule has 0 aromatic carbocycles. The minimum Gasteiger partial charge on any atom is -0.393 e. The Labute approximate surface area is 185 Å². The topological polar surface area (TPSA) is 60.7 Å². The maximum Gasteiger partial charge on any atom is 0.0591 e. The first-order valence-electron chi connectivity index (χ1n) is 13.0. The molecule has 0 spiro atoms. The SMILES string of the molecule is C[C@H](CCCC(C)(C)O)[C@H]1CC[C@H]2[C@@H]3C(O)CC4C[C@@H](O)CC[C@]4(C)[C@H]3CC[C@]12C. The van der Waals surface area contributed by atoms with E-state index < -0.39 is 5.60 Å². The van der Waals surface area contributed by atoms with Crippen molar-refractivity contribution in [1.82, 2.24) is 0 Å². The second kappa shape index (κ2) is 8.03. The van der Waals surface area contributed by atoms with Gasteiger partial charge in [0.1, 0.15) is 0 Å². The monoisotopic (exact) mass is 420 g/mol. The molecule has 2 unspecified atom stereocenters. The first kappa shape index (κ1) is 23.1. The van der Waals surface area contributed by atoms with E-state index in [1.165, 1.54) is 32.1 Å². The van der Waals surface area contributed by atoms with Gasteiger partial charge in [-0.3, -0.25) is 0 Å². The molecule has 3 nitrogen and oxygen atoms in total. The van der Waals surface area contributed by atoms with E-state index in [4.69, 9.17) is 0 Å². The van der Waals surface area contributed by atoms with E-state index in [1.54, 1.807) is 0 Å². The maximum absolute atomic E-state index is 11.4. The fourth-order valence-corrected chi connectivity index (χ4v) is 9.23. The zero-order valence-electron chi connectivity index (χ0n) is 20.2. The normalized spacial score (nSPS) is 49.8. The summed E-state index contributed by atoms with van der Waals surface area (Å²) >= 11 is 0. The predicted octanol–water partition coefficient (Wildman–Crippen LogP) is 5.55. The lowest BCUT2D eigenvalue weighted by Crippen LogP contribution is -2.58. The Kier molecular flexibility index (Phi) is 6.17. The minimum absolute atomic E-state index is 0.152. The molecule has 0 aromatic rings. The van der Waals surface area contributed by atoms with Gasteiger partial charge in [0.2, 0.25) is 0 Å². The Hall–Kier alpha value is -0.120. The molecule has 0 amide bonds. The molecule has 4 aliphatic carbocycles. The molecular weight excluding hydrogens is 372 g/mol. The van der Waals surface area contributed by atoms with Crippen molar-refractivity contribution in [2.45, 2.75) is 123 Å². The summed E-state index contributed by atoms with van der Waals surface area (Å²) in [5, 5.41) is 31.7. The number of hydrogen-bond acceptors (Lipinski definition) is 3. The van der Waals surface area contributed by atoms with Crippen molar-refractivity contribution < 1.29 is 15.3 Å². The molecule has 10 atom stereocenters. The van der Waals surface area contributed by atoms with Crippen molar-refractivity contribution in [2.75, 3.05) is 0 Å². The summed E-state index contributed by atoms with van der Waals surface area (Å²) < 4.78 is 0. The molecule has 3 heteroatoms. The van der Waals surface area contributed by atoms with Crippen LogP contribution in [0.2, 0.25) is 0 Å². The van der Waals surface area contributed by atoms with Crippen molar-refractivity contribution in [1.29, 1.82) is 0 Å². The highest BCUT2D eigenvalue weighted by Gasteiger charge is 2.62. The number of aliphatic hydroxyl groups is 3. The fraction of sp³-hybridized carbons (Fsp3) is 1.00. The highest BCUT2D eigenvalue weighted by Crippen LogP contribution is 2.68. The highest BCUT2D eigenvalue weighted by atomic mass is 16.3. The van der Waals surface area contributed by atoms with Gasteiger partial charge >= 0.3 is 0 Å². The van der Waals surface area contributed by atoms with Gasteiger partial charge in [-0.05, 0) is 118 Å². The van der Waals surface area contributed by atoms with Crippen LogP contribution in [-0.2, 0) is 0 Å². The number of hydrogen-bond donors (Lipinski definition) is 3. The van der Waals surface area contributed by atoms with E-state index in [0.717, 1.165) is 44.4 Å². The van der Waals surface area contributed by atoms with E-state index in [2.05, 4.69) is 20.8 Å². The number of rotatable bonds is 5. The van der Waals surface area contributed by atoms with E-state index >= 15 is 0 Å². The Morgan fingerprint density at radius 3 is 2.30 bits per heavy atom. The highest BCUT2D eigenvalue weighted by molar-refractivity contribution is 5.11. The summed E-state index contributed by atoms with van der Waals surface area (Å²) in [7, 11) is 0. The fourth-order valence-electron chi connectivity index (χ4n) is 9.23. The van der Waals surface area contributed by atoms with Gasteiger partial charge in [0, 0.05) is 0 Å². The summed E-state index contributed by atoms with van der Waals surface area (Å²) in [5.74, 6) is 3.73.